The van der Waals surface area contributed by atoms with Gasteiger partial charge in [-0.25, -0.2) is 0 Å². The predicted molar refractivity (Wildman–Crippen MR) is 100 cm³/mol. The first kappa shape index (κ1) is 18.1. The van der Waals surface area contributed by atoms with Gasteiger partial charge in [-0.05, 0) is 43.0 Å². The van der Waals surface area contributed by atoms with E-state index in [1.807, 2.05) is 54.3 Å². The van der Waals surface area contributed by atoms with Crippen LogP contribution in [-0.2, 0) is 9.59 Å². The lowest BCUT2D eigenvalue weighted by Gasteiger charge is -2.25. The molecule has 5 heteroatoms. The van der Waals surface area contributed by atoms with Crippen LogP contribution in [0.2, 0.25) is 0 Å². The van der Waals surface area contributed by atoms with E-state index in [1.54, 1.807) is 12.4 Å². The zero-order chi connectivity index (χ0) is 18.4. The number of hydrogen-bond acceptors (Lipinski definition) is 3. The van der Waals surface area contributed by atoms with Crippen LogP contribution in [0.15, 0.2) is 54.9 Å². The van der Waals surface area contributed by atoms with Crippen molar-refractivity contribution in [1.29, 1.82) is 0 Å². The Kier molecular flexibility index (Phi) is 6.00. The van der Waals surface area contributed by atoms with Crippen molar-refractivity contribution in [3.63, 3.8) is 0 Å². The third-order valence-electron chi connectivity index (χ3n) is 4.91. The molecule has 2 heterocycles. The van der Waals surface area contributed by atoms with E-state index < -0.39 is 0 Å². The normalized spacial score (nSPS) is 17.7. The van der Waals surface area contributed by atoms with Crippen LogP contribution < -0.4 is 5.32 Å². The summed E-state index contributed by atoms with van der Waals surface area (Å²) in [6, 6.07) is 13.8. The largest absolute Gasteiger partial charge is 0.350 e. The summed E-state index contributed by atoms with van der Waals surface area (Å²) in [6.07, 6.45) is 5.94. The number of likely N-dealkylation sites (tertiary alicyclic amines) is 1. The molecule has 3 rings (SSSR count). The van der Waals surface area contributed by atoms with Gasteiger partial charge in [0.05, 0.1) is 12.1 Å². The quantitative estimate of drug-likeness (QED) is 0.867. The molecule has 1 fully saturated rings. The number of carbonyl (C=O) groups is 2. The highest BCUT2D eigenvalue weighted by atomic mass is 16.2. The zero-order valence-electron chi connectivity index (χ0n) is 15.1. The van der Waals surface area contributed by atoms with Crippen molar-refractivity contribution < 1.29 is 9.59 Å². The summed E-state index contributed by atoms with van der Waals surface area (Å²) in [6.45, 7) is 2.71. The van der Waals surface area contributed by atoms with Gasteiger partial charge in [0.2, 0.25) is 11.8 Å². The number of aromatic nitrogens is 1. The van der Waals surface area contributed by atoms with Crippen molar-refractivity contribution in [3.8, 4) is 0 Å². The lowest BCUT2D eigenvalue weighted by Crippen LogP contribution is -2.32. The van der Waals surface area contributed by atoms with Crippen LogP contribution in [0, 0.1) is 0 Å². The fraction of sp³-hybridized carbons (Fsp3) is 0.381. The van der Waals surface area contributed by atoms with Gasteiger partial charge in [-0.3, -0.25) is 14.6 Å². The number of benzene rings is 1. The Labute approximate surface area is 154 Å². The number of amides is 2. The highest BCUT2D eigenvalue weighted by Crippen LogP contribution is 2.32. The lowest BCUT2D eigenvalue weighted by molar-refractivity contribution is -0.134. The van der Waals surface area contributed by atoms with Crippen molar-refractivity contribution in [2.45, 2.75) is 44.7 Å². The highest BCUT2D eigenvalue weighted by molar-refractivity contribution is 5.84. The van der Waals surface area contributed by atoms with Crippen molar-refractivity contribution in [2.75, 3.05) is 6.54 Å². The molecule has 1 aromatic heterocycles. The van der Waals surface area contributed by atoms with E-state index in [0.29, 0.717) is 0 Å². The van der Waals surface area contributed by atoms with Gasteiger partial charge in [-0.15, -0.1) is 0 Å². The van der Waals surface area contributed by atoms with E-state index in [2.05, 4.69) is 10.3 Å². The molecule has 0 bridgehead atoms. The number of nitrogens with one attached hydrogen (secondary N) is 1. The van der Waals surface area contributed by atoms with Crippen molar-refractivity contribution in [1.82, 2.24) is 15.2 Å². The SMILES string of the molecule is C[C@@H](NC(=O)CCC(=O)N1CCCC1c1ccncc1)c1ccccc1. The topological polar surface area (TPSA) is 62.3 Å². The first-order chi connectivity index (χ1) is 12.6. The van der Waals surface area contributed by atoms with Crippen LogP contribution in [0.5, 0.6) is 0 Å². The summed E-state index contributed by atoms with van der Waals surface area (Å²) in [7, 11) is 0. The van der Waals surface area contributed by atoms with E-state index in [-0.39, 0.29) is 36.7 Å². The van der Waals surface area contributed by atoms with Gasteiger partial charge in [0, 0.05) is 31.8 Å². The maximum Gasteiger partial charge on any atom is 0.223 e. The van der Waals surface area contributed by atoms with Crippen LogP contribution in [0.4, 0.5) is 0 Å². The van der Waals surface area contributed by atoms with Crippen molar-refractivity contribution in [2.24, 2.45) is 0 Å². The van der Waals surface area contributed by atoms with Crippen LogP contribution in [0.3, 0.4) is 0 Å². The van der Waals surface area contributed by atoms with E-state index in [1.165, 1.54) is 0 Å². The molecule has 2 atom stereocenters. The molecule has 0 radical (unpaired) electrons. The third kappa shape index (κ3) is 4.48. The molecule has 26 heavy (non-hydrogen) atoms. The molecule has 1 N–H and O–H groups in total. The van der Waals surface area contributed by atoms with Crippen LogP contribution in [0.25, 0.3) is 0 Å². The number of rotatable bonds is 6. The highest BCUT2D eigenvalue weighted by Gasteiger charge is 2.29. The summed E-state index contributed by atoms with van der Waals surface area (Å²) < 4.78 is 0. The van der Waals surface area contributed by atoms with Gasteiger partial charge in [0.25, 0.3) is 0 Å². The first-order valence-corrected chi connectivity index (χ1v) is 9.19. The number of hydrogen-bond donors (Lipinski definition) is 1. The second-order valence-electron chi connectivity index (χ2n) is 6.73. The van der Waals surface area contributed by atoms with Gasteiger partial charge in [0.15, 0.2) is 0 Å². The molecule has 1 aliphatic rings. The van der Waals surface area contributed by atoms with Crippen molar-refractivity contribution >= 4 is 11.8 Å². The Morgan fingerprint density at radius 1 is 1.15 bits per heavy atom. The Bertz CT molecular complexity index is 733. The Morgan fingerprint density at radius 3 is 2.62 bits per heavy atom. The first-order valence-electron chi connectivity index (χ1n) is 9.19. The Balaban J connectivity index is 1.51. The minimum absolute atomic E-state index is 0.0480. The average molecular weight is 351 g/mol. The molecule has 1 aliphatic heterocycles. The Morgan fingerprint density at radius 2 is 1.88 bits per heavy atom. The van der Waals surface area contributed by atoms with E-state index in [0.717, 1.165) is 30.5 Å². The minimum Gasteiger partial charge on any atom is -0.350 e. The fourth-order valence-electron chi connectivity index (χ4n) is 3.50. The summed E-state index contributed by atoms with van der Waals surface area (Å²) in [5, 5.41) is 2.97. The molecular weight excluding hydrogens is 326 g/mol. The molecule has 1 aromatic carbocycles. The minimum atomic E-state index is -0.0886. The molecule has 2 aromatic rings. The fourth-order valence-corrected chi connectivity index (χ4v) is 3.50. The summed E-state index contributed by atoms with van der Waals surface area (Å²) in [4.78, 5) is 30.8. The third-order valence-corrected chi connectivity index (χ3v) is 4.91. The van der Waals surface area contributed by atoms with E-state index in [9.17, 15) is 9.59 Å². The smallest absolute Gasteiger partial charge is 0.223 e. The van der Waals surface area contributed by atoms with Crippen molar-refractivity contribution in [3.05, 3.63) is 66.0 Å². The number of pyridine rings is 1. The Hall–Kier alpha value is -2.69. The number of nitrogens with zero attached hydrogens (tertiary/aromatic N) is 2. The van der Waals surface area contributed by atoms with Crippen LogP contribution in [0.1, 0.15) is 55.8 Å². The summed E-state index contributed by atoms with van der Waals surface area (Å²) in [5.41, 5.74) is 2.18. The maximum atomic E-state index is 12.6. The average Bonchev–Trinajstić information content (AvgIpc) is 3.17. The molecule has 0 saturated carbocycles. The van der Waals surface area contributed by atoms with Gasteiger partial charge in [-0.2, -0.15) is 0 Å². The molecule has 1 saturated heterocycles. The lowest BCUT2D eigenvalue weighted by atomic mass is 10.1. The number of carbonyl (C=O) groups excluding carboxylic acids is 2. The molecule has 0 spiro atoms. The maximum absolute atomic E-state index is 12.6. The van der Waals surface area contributed by atoms with E-state index >= 15 is 0 Å². The molecule has 2 amide bonds. The second kappa shape index (κ2) is 8.61. The van der Waals surface area contributed by atoms with Gasteiger partial charge in [-0.1, -0.05) is 30.3 Å². The van der Waals surface area contributed by atoms with E-state index in [4.69, 9.17) is 0 Å². The molecule has 136 valence electrons. The summed E-state index contributed by atoms with van der Waals surface area (Å²) in [5.74, 6) is -0.0406. The zero-order valence-corrected chi connectivity index (χ0v) is 15.1. The second-order valence-corrected chi connectivity index (χ2v) is 6.73. The van der Waals surface area contributed by atoms with Gasteiger partial charge >= 0.3 is 0 Å². The van der Waals surface area contributed by atoms with Gasteiger partial charge in [0.1, 0.15) is 0 Å². The molecule has 0 aliphatic carbocycles. The predicted octanol–water partition coefficient (Wildman–Crippen LogP) is 3.40. The standard InChI is InChI=1S/C21H25N3O2/c1-16(17-6-3-2-4-7-17)23-20(25)9-10-21(26)24-15-5-8-19(24)18-11-13-22-14-12-18/h2-4,6-7,11-14,16,19H,5,8-10,15H2,1H3,(H,23,25)/t16-,19?/m1/s1. The van der Waals surface area contributed by atoms with Gasteiger partial charge < -0.3 is 10.2 Å². The van der Waals surface area contributed by atoms with Crippen LogP contribution in [-0.4, -0.2) is 28.2 Å². The van der Waals surface area contributed by atoms with Crippen LogP contribution >= 0.6 is 0 Å². The molecular formula is C21H25N3O2. The molecule has 1 unspecified atom stereocenters. The molecule has 5 nitrogen and oxygen atoms in total. The monoisotopic (exact) mass is 351 g/mol. The summed E-state index contributed by atoms with van der Waals surface area (Å²) >= 11 is 0.